The third-order valence-corrected chi connectivity index (χ3v) is 4.62. The molecule has 3 rings (SSSR count). The van der Waals surface area contributed by atoms with Crippen LogP contribution < -0.4 is 15.0 Å². The fourth-order valence-corrected chi connectivity index (χ4v) is 2.95. The van der Waals surface area contributed by atoms with Crippen LogP contribution in [0.2, 0.25) is 0 Å². The standard InChI is InChI=1S/C20H17BrN2O4/c1-26-16-8-9-18(21)17(13-16)19(24)22-10-2-3-14-4-6-15(7-5-14)23-11-12-27-20(23)25/h4-9,13H,10-12H2,1H3,(H,22,24). The number of hydrogen-bond donors (Lipinski definition) is 1. The topological polar surface area (TPSA) is 67.9 Å². The monoisotopic (exact) mass is 428 g/mol. The maximum atomic E-state index is 12.3. The number of ether oxygens (including phenoxy) is 2. The average molecular weight is 429 g/mol. The number of hydrogen-bond acceptors (Lipinski definition) is 4. The predicted molar refractivity (Wildman–Crippen MR) is 105 cm³/mol. The van der Waals surface area contributed by atoms with E-state index in [-0.39, 0.29) is 18.5 Å². The summed E-state index contributed by atoms with van der Waals surface area (Å²) in [6.07, 6.45) is -0.333. The van der Waals surface area contributed by atoms with Gasteiger partial charge in [-0.15, -0.1) is 0 Å². The number of benzene rings is 2. The molecule has 2 amide bonds. The van der Waals surface area contributed by atoms with Crippen molar-refractivity contribution < 1.29 is 19.1 Å². The highest BCUT2D eigenvalue weighted by molar-refractivity contribution is 9.10. The van der Waals surface area contributed by atoms with E-state index in [0.29, 0.717) is 28.9 Å². The molecule has 138 valence electrons. The molecule has 1 aliphatic heterocycles. The normalized spacial score (nSPS) is 12.8. The van der Waals surface area contributed by atoms with Gasteiger partial charge in [0.2, 0.25) is 0 Å². The van der Waals surface area contributed by atoms with Crippen molar-refractivity contribution in [1.29, 1.82) is 0 Å². The second-order valence-electron chi connectivity index (χ2n) is 5.64. The molecule has 0 saturated carbocycles. The Kier molecular flexibility index (Phi) is 5.99. The lowest BCUT2D eigenvalue weighted by molar-refractivity contribution is 0.0957. The quantitative estimate of drug-likeness (QED) is 0.759. The second-order valence-corrected chi connectivity index (χ2v) is 6.50. The molecule has 0 spiro atoms. The molecule has 2 aromatic rings. The van der Waals surface area contributed by atoms with E-state index in [4.69, 9.17) is 9.47 Å². The summed E-state index contributed by atoms with van der Waals surface area (Å²) >= 11 is 3.36. The van der Waals surface area contributed by atoms with Gasteiger partial charge in [0.05, 0.1) is 25.8 Å². The first-order valence-corrected chi connectivity index (χ1v) is 9.03. The number of rotatable bonds is 4. The van der Waals surface area contributed by atoms with Crippen LogP contribution >= 0.6 is 15.9 Å². The molecular weight excluding hydrogens is 412 g/mol. The molecule has 27 heavy (non-hydrogen) atoms. The van der Waals surface area contributed by atoms with Gasteiger partial charge in [0.25, 0.3) is 5.91 Å². The lowest BCUT2D eigenvalue weighted by atomic mass is 10.2. The van der Waals surface area contributed by atoms with Crippen LogP contribution in [0, 0.1) is 11.8 Å². The second kappa shape index (κ2) is 8.60. The number of halogens is 1. The van der Waals surface area contributed by atoms with E-state index in [2.05, 4.69) is 33.1 Å². The van der Waals surface area contributed by atoms with Gasteiger partial charge in [-0.25, -0.2) is 4.79 Å². The van der Waals surface area contributed by atoms with E-state index < -0.39 is 0 Å². The number of cyclic esters (lactones) is 1. The van der Waals surface area contributed by atoms with E-state index in [1.165, 1.54) is 0 Å². The Morgan fingerprint density at radius 1 is 1.30 bits per heavy atom. The van der Waals surface area contributed by atoms with Crippen molar-refractivity contribution in [2.24, 2.45) is 0 Å². The number of carbonyl (C=O) groups excluding carboxylic acids is 2. The van der Waals surface area contributed by atoms with Gasteiger partial charge < -0.3 is 14.8 Å². The molecule has 1 heterocycles. The molecule has 0 unspecified atom stereocenters. The van der Waals surface area contributed by atoms with E-state index >= 15 is 0 Å². The highest BCUT2D eigenvalue weighted by Gasteiger charge is 2.23. The van der Waals surface area contributed by atoms with Crippen molar-refractivity contribution >= 4 is 33.6 Å². The highest BCUT2D eigenvalue weighted by Crippen LogP contribution is 2.22. The van der Waals surface area contributed by atoms with Gasteiger partial charge in [-0.05, 0) is 58.4 Å². The van der Waals surface area contributed by atoms with E-state index in [9.17, 15) is 9.59 Å². The van der Waals surface area contributed by atoms with E-state index in [1.54, 1.807) is 30.2 Å². The summed E-state index contributed by atoms with van der Waals surface area (Å²) < 4.78 is 10.7. The number of nitrogens with one attached hydrogen (secondary N) is 1. The zero-order valence-electron chi connectivity index (χ0n) is 14.6. The summed E-state index contributed by atoms with van der Waals surface area (Å²) in [6, 6.07) is 12.5. The van der Waals surface area contributed by atoms with Crippen LogP contribution in [-0.4, -0.2) is 38.8 Å². The van der Waals surface area contributed by atoms with Crippen LogP contribution in [0.5, 0.6) is 5.75 Å². The first kappa shape index (κ1) is 18.8. The highest BCUT2D eigenvalue weighted by atomic mass is 79.9. The molecule has 0 atom stereocenters. The number of carbonyl (C=O) groups is 2. The van der Waals surface area contributed by atoms with Crippen molar-refractivity contribution in [2.45, 2.75) is 0 Å². The van der Waals surface area contributed by atoms with Crippen LogP contribution in [-0.2, 0) is 4.74 Å². The Bertz CT molecular complexity index is 916. The smallest absolute Gasteiger partial charge is 0.414 e. The maximum Gasteiger partial charge on any atom is 0.414 e. The summed E-state index contributed by atoms with van der Waals surface area (Å²) in [5, 5.41) is 2.76. The molecule has 1 fully saturated rings. The zero-order valence-corrected chi connectivity index (χ0v) is 16.2. The van der Waals surface area contributed by atoms with E-state index in [1.807, 2.05) is 24.3 Å². The molecule has 0 bridgehead atoms. The summed E-state index contributed by atoms with van der Waals surface area (Å²) in [5.74, 6) is 6.27. The Balaban J connectivity index is 1.57. The minimum atomic E-state index is -0.333. The summed E-state index contributed by atoms with van der Waals surface area (Å²) in [7, 11) is 1.55. The van der Waals surface area contributed by atoms with Crippen LogP contribution in [0.4, 0.5) is 10.5 Å². The van der Waals surface area contributed by atoms with Crippen LogP contribution in [0.1, 0.15) is 15.9 Å². The Morgan fingerprint density at radius 2 is 2.07 bits per heavy atom. The Labute approximate surface area is 165 Å². The lowest BCUT2D eigenvalue weighted by Gasteiger charge is -2.11. The third kappa shape index (κ3) is 4.60. The number of anilines is 1. The number of amides is 2. The van der Waals surface area contributed by atoms with Crippen LogP contribution in [0.3, 0.4) is 0 Å². The molecule has 1 aliphatic rings. The van der Waals surface area contributed by atoms with Crippen molar-refractivity contribution in [2.75, 3.05) is 31.7 Å². The van der Waals surface area contributed by atoms with Gasteiger partial charge in [0, 0.05) is 15.7 Å². The Hall–Kier alpha value is -2.98. The van der Waals surface area contributed by atoms with E-state index in [0.717, 1.165) is 11.3 Å². The zero-order chi connectivity index (χ0) is 19.2. The lowest BCUT2D eigenvalue weighted by Crippen LogP contribution is -2.24. The molecule has 0 aromatic heterocycles. The summed E-state index contributed by atoms with van der Waals surface area (Å²) in [6.45, 7) is 1.17. The Morgan fingerprint density at radius 3 is 2.74 bits per heavy atom. The van der Waals surface area contributed by atoms with Crippen molar-refractivity contribution in [3.05, 3.63) is 58.1 Å². The van der Waals surface area contributed by atoms with Gasteiger partial charge in [-0.3, -0.25) is 9.69 Å². The fourth-order valence-electron chi connectivity index (χ4n) is 2.52. The molecule has 0 radical (unpaired) electrons. The van der Waals surface area contributed by atoms with Crippen LogP contribution in [0.15, 0.2) is 46.9 Å². The largest absolute Gasteiger partial charge is 0.497 e. The molecule has 6 nitrogen and oxygen atoms in total. The molecule has 2 aromatic carbocycles. The van der Waals surface area contributed by atoms with Gasteiger partial charge in [-0.1, -0.05) is 11.8 Å². The van der Waals surface area contributed by atoms with Crippen molar-refractivity contribution in [1.82, 2.24) is 5.32 Å². The molecular formula is C20H17BrN2O4. The molecule has 7 heteroatoms. The van der Waals surface area contributed by atoms with Gasteiger partial charge in [0.15, 0.2) is 0 Å². The number of methoxy groups -OCH3 is 1. The molecule has 1 N–H and O–H groups in total. The first-order chi connectivity index (χ1) is 13.1. The van der Waals surface area contributed by atoms with Gasteiger partial charge >= 0.3 is 6.09 Å². The van der Waals surface area contributed by atoms with Gasteiger partial charge in [0.1, 0.15) is 12.4 Å². The van der Waals surface area contributed by atoms with Gasteiger partial charge in [-0.2, -0.15) is 0 Å². The third-order valence-electron chi connectivity index (χ3n) is 3.93. The van der Waals surface area contributed by atoms with Crippen LogP contribution in [0.25, 0.3) is 0 Å². The predicted octanol–water partition coefficient (Wildman–Crippen LogP) is 3.20. The molecule has 0 aliphatic carbocycles. The molecule has 1 saturated heterocycles. The fraction of sp³-hybridized carbons (Fsp3) is 0.200. The van der Waals surface area contributed by atoms with Crippen molar-refractivity contribution in [3.63, 3.8) is 0 Å². The average Bonchev–Trinajstić information content (AvgIpc) is 3.12. The minimum absolute atomic E-state index is 0.211. The summed E-state index contributed by atoms with van der Waals surface area (Å²) in [5.41, 5.74) is 2.06. The first-order valence-electron chi connectivity index (χ1n) is 8.23. The van der Waals surface area contributed by atoms with Crippen molar-refractivity contribution in [3.8, 4) is 17.6 Å². The summed E-state index contributed by atoms with van der Waals surface area (Å²) in [4.78, 5) is 25.4. The maximum absolute atomic E-state index is 12.3. The SMILES string of the molecule is COc1ccc(Br)c(C(=O)NCC#Cc2ccc(N3CCOC3=O)cc2)c1. The number of nitrogens with zero attached hydrogens (tertiary/aromatic N) is 1. The minimum Gasteiger partial charge on any atom is -0.497 e.